The van der Waals surface area contributed by atoms with E-state index in [-0.39, 0.29) is 10.9 Å². The zero-order chi connectivity index (χ0) is 25.6. The first kappa shape index (κ1) is 23.4. The van der Waals surface area contributed by atoms with E-state index in [4.69, 9.17) is 0 Å². The van der Waals surface area contributed by atoms with E-state index in [1.165, 1.54) is 20.9 Å². The molecule has 0 saturated carbocycles. The zero-order valence-corrected chi connectivity index (χ0v) is 22.6. The van der Waals surface area contributed by atoms with Gasteiger partial charge in [-0.1, -0.05) is 72.4 Å². The topological polar surface area (TPSA) is 34.1 Å². The van der Waals surface area contributed by atoms with E-state index < -0.39 is 0 Å². The number of hydrogen-bond donors (Lipinski definition) is 0. The first-order valence-corrected chi connectivity index (χ1v) is 14.8. The molecular weight excluding hydrogens is 525 g/mol. The van der Waals surface area contributed by atoms with Crippen molar-refractivity contribution < 1.29 is 0 Å². The van der Waals surface area contributed by atoms with Gasteiger partial charge in [0.05, 0.1) is 0 Å². The number of rotatable bonds is 0. The van der Waals surface area contributed by atoms with Crippen LogP contribution in [0.2, 0.25) is 0 Å². The number of benzene rings is 5. The Bertz CT molecular complexity index is 1940. The monoisotopic (exact) mass is 544 g/mol. The highest BCUT2D eigenvalue weighted by molar-refractivity contribution is 7.99. The Kier molecular flexibility index (Phi) is 5.85. The summed E-state index contributed by atoms with van der Waals surface area (Å²) in [5, 5.41) is 2.86. The second-order valence-corrected chi connectivity index (χ2v) is 12.4. The Labute approximate surface area is 230 Å². The summed E-state index contributed by atoms with van der Waals surface area (Å²) in [5.74, 6) is 0. The fourth-order valence-corrected chi connectivity index (χ4v) is 8.18. The first-order chi connectivity index (χ1) is 18.7. The third-order valence-electron chi connectivity index (χ3n) is 6.82. The Morgan fingerprint density at radius 1 is 0.447 bits per heavy atom. The first-order valence-electron chi connectivity index (χ1n) is 12.3. The van der Waals surface area contributed by atoms with Crippen LogP contribution in [0.3, 0.4) is 0 Å². The van der Waals surface area contributed by atoms with Crippen LogP contribution in [-0.4, -0.2) is 0 Å². The van der Waals surface area contributed by atoms with Crippen LogP contribution in [0.4, 0.5) is 0 Å². The minimum atomic E-state index is 0.0362. The van der Waals surface area contributed by atoms with Crippen LogP contribution >= 0.6 is 34.4 Å². The van der Waals surface area contributed by atoms with Gasteiger partial charge in [-0.05, 0) is 66.1 Å². The smallest absolute Gasteiger partial charge is 0.195 e. The van der Waals surface area contributed by atoms with Crippen molar-refractivity contribution in [1.29, 1.82) is 0 Å². The Hall–Kier alpha value is -3.77. The van der Waals surface area contributed by atoms with Crippen molar-refractivity contribution in [2.75, 3.05) is 0 Å². The van der Waals surface area contributed by atoms with Gasteiger partial charge in [-0.25, -0.2) is 0 Å². The molecule has 3 heterocycles. The van der Waals surface area contributed by atoms with Crippen molar-refractivity contribution in [3.05, 3.63) is 141 Å². The predicted octanol–water partition coefficient (Wildman–Crippen LogP) is 8.88. The van der Waals surface area contributed by atoms with Gasteiger partial charge >= 0.3 is 0 Å². The van der Waals surface area contributed by atoms with E-state index in [1.807, 2.05) is 72.4 Å². The molecule has 0 unspecified atom stereocenters. The van der Waals surface area contributed by atoms with Crippen molar-refractivity contribution in [2.45, 2.75) is 16.2 Å². The van der Waals surface area contributed by atoms with Crippen LogP contribution in [0.5, 0.6) is 0 Å². The zero-order valence-electron chi connectivity index (χ0n) is 20.1. The van der Waals surface area contributed by atoms with Gasteiger partial charge in [0.1, 0.15) is 0 Å². The minimum absolute atomic E-state index is 0.0362. The molecule has 7 aromatic rings. The van der Waals surface area contributed by atoms with Gasteiger partial charge in [0.15, 0.2) is 10.9 Å². The highest BCUT2D eigenvalue weighted by atomic mass is 32.2. The Morgan fingerprint density at radius 3 is 1.37 bits per heavy atom. The van der Waals surface area contributed by atoms with E-state index >= 15 is 0 Å². The molecule has 0 radical (unpaired) electrons. The van der Waals surface area contributed by atoms with Gasteiger partial charge in [0, 0.05) is 50.1 Å². The lowest BCUT2D eigenvalue weighted by molar-refractivity contribution is 1.06. The molecule has 0 saturated heterocycles. The van der Waals surface area contributed by atoms with Crippen molar-refractivity contribution in [2.24, 2.45) is 0 Å². The maximum Gasteiger partial charge on any atom is 0.195 e. The molecule has 0 spiro atoms. The average molecular weight is 545 g/mol. The maximum absolute atomic E-state index is 12.8. The van der Waals surface area contributed by atoms with Crippen molar-refractivity contribution >= 4 is 74.8 Å². The molecule has 182 valence electrons. The molecule has 1 aliphatic rings. The van der Waals surface area contributed by atoms with E-state index in [0.717, 1.165) is 36.0 Å². The molecule has 5 aromatic carbocycles. The van der Waals surface area contributed by atoms with Gasteiger partial charge in [0.25, 0.3) is 0 Å². The van der Waals surface area contributed by atoms with Crippen LogP contribution in [-0.2, 0) is 6.42 Å². The average Bonchev–Trinajstić information content (AvgIpc) is 2.96. The standard InChI is InChI=1S/C20H10O2S2.C13H10S/c21-19-11-5-1-3-7-15(11)23-17-10-14-18(9-13(17)19)24-16-8-4-2-6-12(16)20(14)22;1-3-7-12-10(5-1)9-11-6-2-4-8-13(11)14-12/h1-10H;1-8H,9H2. The summed E-state index contributed by atoms with van der Waals surface area (Å²) < 4.78 is 3.63. The molecule has 0 bridgehead atoms. The van der Waals surface area contributed by atoms with Crippen LogP contribution in [0.15, 0.2) is 129 Å². The van der Waals surface area contributed by atoms with Crippen LogP contribution in [0, 0.1) is 0 Å². The molecule has 0 atom stereocenters. The molecule has 0 fully saturated rings. The fourth-order valence-electron chi connectivity index (χ4n) is 4.92. The Morgan fingerprint density at radius 2 is 0.868 bits per heavy atom. The molecule has 0 amide bonds. The second kappa shape index (κ2) is 9.52. The van der Waals surface area contributed by atoms with Gasteiger partial charge < -0.3 is 0 Å². The van der Waals surface area contributed by atoms with E-state index in [1.54, 1.807) is 22.7 Å². The van der Waals surface area contributed by atoms with Gasteiger partial charge in [-0.3, -0.25) is 9.59 Å². The molecule has 38 heavy (non-hydrogen) atoms. The summed E-state index contributed by atoms with van der Waals surface area (Å²) in [6.07, 6.45) is 1.08. The normalized spacial score (nSPS) is 12.2. The summed E-state index contributed by atoms with van der Waals surface area (Å²) in [6, 6.07) is 36.3. The fraction of sp³-hybridized carbons (Fsp3) is 0.0303. The maximum atomic E-state index is 12.8. The van der Waals surface area contributed by atoms with Gasteiger partial charge in [0.2, 0.25) is 0 Å². The third-order valence-corrected chi connectivity index (χ3v) is 10.3. The van der Waals surface area contributed by atoms with Crippen molar-refractivity contribution in [3.63, 3.8) is 0 Å². The summed E-state index contributed by atoms with van der Waals surface area (Å²) in [7, 11) is 0. The lowest BCUT2D eigenvalue weighted by Gasteiger charge is -2.17. The molecule has 0 aliphatic carbocycles. The summed E-state index contributed by atoms with van der Waals surface area (Å²) >= 11 is 5.00. The van der Waals surface area contributed by atoms with Gasteiger partial charge in [-0.15, -0.1) is 22.7 Å². The molecule has 1 aliphatic heterocycles. The lowest BCUT2D eigenvalue weighted by atomic mass is 10.0. The van der Waals surface area contributed by atoms with Gasteiger partial charge in [-0.2, -0.15) is 0 Å². The lowest BCUT2D eigenvalue weighted by Crippen LogP contribution is -2.04. The largest absolute Gasteiger partial charge is 0.289 e. The molecule has 8 rings (SSSR count). The third kappa shape index (κ3) is 4.04. The van der Waals surface area contributed by atoms with E-state index in [0.29, 0.717) is 10.8 Å². The number of hydrogen-bond acceptors (Lipinski definition) is 5. The van der Waals surface area contributed by atoms with Crippen molar-refractivity contribution in [3.8, 4) is 0 Å². The Balaban J connectivity index is 0.000000147. The van der Waals surface area contributed by atoms with Crippen molar-refractivity contribution in [1.82, 2.24) is 0 Å². The quantitative estimate of drug-likeness (QED) is 0.179. The molecule has 2 nitrogen and oxygen atoms in total. The highest BCUT2D eigenvalue weighted by Crippen LogP contribution is 2.39. The SMILES string of the molecule is O=c1c2ccccc2sc2cc3c(=O)c4ccccc4sc3cc12.c1ccc2c(c1)Cc1ccccc1S2. The summed E-state index contributed by atoms with van der Waals surface area (Å²) in [6.45, 7) is 0. The van der Waals surface area contributed by atoms with Crippen LogP contribution in [0.25, 0.3) is 40.3 Å². The molecule has 5 heteroatoms. The molecule has 0 N–H and O–H groups in total. The molecular formula is C33H20O2S3. The molecule has 2 aromatic heterocycles. The van der Waals surface area contributed by atoms with Crippen LogP contribution < -0.4 is 10.9 Å². The van der Waals surface area contributed by atoms with E-state index in [2.05, 4.69) is 48.5 Å². The summed E-state index contributed by atoms with van der Waals surface area (Å²) in [5.41, 5.74) is 2.98. The summed E-state index contributed by atoms with van der Waals surface area (Å²) in [4.78, 5) is 28.4. The minimum Gasteiger partial charge on any atom is -0.289 e. The van der Waals surface area contributed by atoms with Crippen LogP contribution in [0.1, 0.15) is 11.1 Å². The highest BCUT2D eigenvalue weighted by Gasteiger charge is 2.14. The predicted molar refractivity (Wildman–Crippen MR) is 165 cm³/mol. The number of fused-ring (bicyclic) bond motifs is 6. The van der Waals surface area contributed by atoms with E-state index in [9.17, 15) is 9.59 Å². The second-order valence-electron chi connectivity index (χ2n) is 9.19.